The maximum atomic E-state index is 11.8. The van der Waals surface area contributed by atoms with Crippen molar-refractivity contribution in [1.82, 2.24) is 4.90 Å². The van der Waals surface area contributed by atoms with Crippen LogP contribution < -0.4 is 0 Å². The smallest absolute Gasteiger partial charge is 0.261 e. The molecule has 0 saturated carbocycles. The summed E-state index contributed by atoms with van der Waals surface area (Å²) in [4.78, 5) is 24.9. The van der Waals surface area contributed by atoms with E-state index in [1.54, 1.807) is 24.3 Å². The predicted molar refractivity (Wildman–Crippen MR) is 61.6 cm³/mol. The summed E-state index contributed by atoms with van der Waals surface area (Å²) in [5.41, 5.74) is 1.36. The van der Waals surface area contributed by atoms with Crippen molar-refractivity contribution in [2.24, 2.45) is 0 Å². The standard InChI is InChI=1S/C11H10BrNO3/c12-7-16-6-5-13-10(14)8-3-1-2-4-9(8)11(13)15/h1-4H,5-7H2. The number of benzene rings is 1. The van der Waals surface area contributed by atoms with E-state index in [2.05, 4.69) is 15.9 Å². The lowest BCUT2D eigenvalue weighted by Gasteiger charge is -2.12. The molecule has 4 nitrogen and oxygen atoms in total. The van der Waals surface area contributed by atoms with Crippen LogP contribution in [0.25, 0.3) is 0 Å². The zero-order chi connectivity index (χ0) is 11.5. The molecule has 1 aromatic rings. The number of alkyl halides is 1. The van der Waals surface area contributed by atoms with Crippen LogP contribution in [0.4, 0.5) is 0 Å². The second kappa shape index (κ2) is 4.76. The van der Waals surface area contributed by atoms with Crippen LogP contribution in [0.5, 0.6) is 0 Å². The molecular weight excluding hydrogens is 274 g/mol. The first-order valence-electron chi connectivity index (χ1n) is 4.84. The Morgan fingerprint density at radius 1 is 1.12 bits per heavy atom. The number of hydrogen-bond acceptors (Lipinski definition) is 3. The van der Waals surface area contributed by atoms with Crippen molar-refractivity contribution in [3.63, 3.8) is 0 Å². The summed E-state index contributed by atoms with van der Waals surface area (Å²) in [6, 6.07) is 6.84. The van der Waals surface area contributed by atoms with Crippen LogP contribution in [0.3, 0.4) is 0 Å². The van der Waals surface area contributed by atoms with Crippen LogP contribution in [0, 0.1) is 0 Å². The molecule has 5 heteroatoms. The van der Waals surface area contributed by atoms with E-state index < -0.39 is 0 Å². The zero-order valence-corrected chi connectivity index (χ0v) is 10.1. The number of ether oxygens (including phenoxy) is 1. The normalized spacial score (nSPS) is 14.4. The highest BCUT2D eigenvalue weighted by molar-refractivity contribution is 9.09. The number of rotatable bonds is 4. The summed E-state index contributed by atoms with van der Waals surface area (Å²) in [7, 11) is 0. The van der Waals surface area contributed by atoms with E-state index >= 15 is 0 Å². The first-order chi connectivity index (χ1) is 7.75. The van der Waals surface area contributed by atoms with Crippen molar-refractivity contribution in [2.45, 2.75) is 0 Å². The minimum absolute atomic E-state index is 0.237. The van der Waals surface area contributed by atoms with Crippen LogP contribution in [0.2, 0.25) is 0 Å². The SMILES string of the molecule is O=C1c2ccccc2C(=O)N1CCOCBr. The fraction of sp³-hybridized carbons (Fsp3) is 0.273. The minimum atomic E-state index is -0.237. The van der Waals surface area contributed by atoms with E-state index in [4.69, 9.17) is 4.74 Å². The Morgan fingerprint density at radius 2 is 1.69 bits per heavy atom. The van der Waals surface area contributed by atoms with Crippen LogP contribution in [0.1, 0.15) is 20.7 Å². The summed E-state index contributed by atoms with van der Waals surface area (Å²) in [5.74, 6) is -0.474. The van der Waals surface area contributed by atoms with E-state index in [1.165, 1.54) is 4.90 Å². The highest BCUT2D eigenvalue weighted by Gasteiger charge is 2.34. The van der Waals surface area contributed by atoms with Crippen LogP contribution >= 0.6 is 15.9 Å². The number of amides is 2. The van der Waals surface area contributed by atoms with Crippen LogP contribution in [-0.4, -0.2) is 35.4 Å². The number of halogens is 1. The summed E-state index contributed by atoms with van der Waals surface area (Å²) < 4.78 is 5.06. The first-order valence-corrected chi connectivity index (χ1v) is 5.97. The molecule has 1 aliphatic rings. The average molecular weight is 284 g/mol. The molecule has 0 atom stereocenters. The van der Waals surface area contributed by atoms with E-state index in [0.717, 1.165) is 0 Å². The molecule has 0 spiro atoms. The van der Waals surface area contributed by atoms with Gasteiger partial charge in [0, 0.05) is 0 Å². The molecule has 0 saturated heterocycles. The minimum Gasteiger partial charge on any atom is -0.368 e. The molecule has 0 unspecified atom stereocenters. The van der Waals surface area contributed by atoms with Crippen LogP contribution in [-0.2, 0) is 4.74 Å². The molecule has 0 N–H and O–H groups in total. The highest BCUT2D eigenvalue weighted by atomic mass is 79.9. The van der Waals surface area contributed by atoms with Crippen molar-refractivity contribution in [3.8, 4) is 0 Å². The van der Waals surface area contributed by atoms with Gasteiger partial charge in [-0.2, -0.15) is 0 Å². The second-order valence-corrected chi connectivity index (χ2v) is 3.78. The van der Waals surface area contributed by atoms with Gasteiger partial charge in [-0.15, -0.1) is 0 Å². The Kier molecular flexibility index (Phi) is 3.36. The van der Waals surface area contributed by atoms with Gasteiger partial charge in [-0.05, 0) is 12.1 Å². The first kappa shape index (κ1) is 11.3. The molecule has 2 rings (SSSR count). The lowest BCUT2D eigenvalue weighted by atomic mass is 10.1. The number of hydrogen-bond donors (Lipinski definition) is 0. The third-order valence-electron chi connectivity index (χ3n) is 2.41. The second-order valence-electron chi connectivity index (χ2n) is 3.32. The third-order valence-corrected chi connectivity index (χ3v) is 2.74. The van der Waals surface area contributed by atoms with Gasteiger partial charge in [-0.3, -0.25) is 14.5 Å². The fourth-order valence-corrected chi connectivity index (χ4v) is 1.88. The molecule has 2 amide bonds. The zero-order valence-electron chi connectivity index (χ0n) is 8.48. The number of carbonyl (C=O) groups excluding carboxylic acids is 2. The van der Waals surface area contributed by atoms with Gasteiger partial charge < -0.3 is 4.74 Å². The third kappa shape index (κ3) is 1.88. The lowest BCUT2D eigenvalue weighted by Crippen LogP contribution is -2.32. The fourth-order valence-electron chi connectivity index (χ4n) is 1.65. The highest BCUT2D eigenvalue weighted by Crippen LogP contribution is 2.21. The molecule has 0 fully saturated rings. The predicted octanol–water partition coefficient (Wildman–Crippen LogP) is 1.65. The topological polar surface area (TPSA) is 46.6 Å². The van der Waals surface area contributed by atoms with Crippen molar-refractivity contribution in [3.05, 3.63) is 35.4 Å². The van der Waals surface area contributed by atoms with Crippen molar-refractivity contribution < 1.29 is 14.3 Å². The molecule has 0 bridgehead atoms. The van der Waals surface area contributed by atoms with Gasteiger partial charge in [0.25, 0.3) is 11.8 Å². The van der Waals surface area contributed by atoms with Gasteiger partial charge >= 0.3 is 0 Å². The van der Waals surface area contributed by atoms with Crippen LogP contribution in [0.15, 0.2) is 24.3 Å². The van der Waals surface area contributed by atoms with Gasteiger partial charge in [0.1, 0.15) is 5.52 Å². The van der Waals surface area contributed by atoms with E-state index in [1.807, 2.05) is 0 Å². The van der Waals surface area contributed by atoms with Gasteiger partial charge in [-0.25, -0.2) is 0 Å². The Labute approximate surface area is 101 Å². The molecule has 1 aliphatic heterocycles. The molecule has 0 aromatic heterocycles. The van der Waals surface area contributed by atoms with Gasteiger partial charge in [0.05, 0.1) is 24.3 Å². The molecule has 1 heterocycles. The Morgan fingerprint density at radius 3 is 2.19 bits per heavy atom. The van der Waals surface area contributed by atoms with E-state index in [9.17, 15) is 9.59 Å². The maximum Gasteiger partial charge on any atom is 0.261 e. The number of fused-ring (bicyclic) bond motifs is 1. The number of nitrogens with zero attached hydrogens (tertiary/aromatic N) is 1. The number of imide groups is 1. The molecule has 84 valence electrons. The molecule has 0 radical (unpaired) electrons. The average Bonchev–Trinajstić information content (AvgIpc) is 2.55. The molecular formula is C11H10BrNO3. The summed E-state index contributed by atoms with van der Waals surface area (Å²) in [5, 5.41) is 0. The molecule has 0 aliphatic carbocycles. The van der Waals surface area contributed by atoms with E-state index in [-0.39, 0.29) is 18.4 Å². The van der Waals surface area contributed by atoms with Gasteiger partial charge in [0.2, 0.25) is 0 Å². The monoisotopic (exact) mass is 283 g/mol. The Hall–Kier alpha value is -1.20. The molecule has 16 heavy (non-hydrogen) atoms. The Bertz CT molecular complexity index is 398. The summed E-state index contributed by atoms with van der Waals surface area (Å²) in [6.45, 7) is 0.634. The van der Waals surface area contributed by atoms with E-state index in [0.29, 0.717) is 23.2 Å². The van der Waals surface area contributed by atoms with Gasteiger partial charge in [0.15, 0.2) is 0 Å². The summed E-state index contributed by atoms with van der Waals surface area (Å²) >= 11 is 3.11. The number of carbonyl (C=O) groups is 2. The largest absolute Gasteiger partial charge is 0.368 e. The summed E-state index contributed by atoms with van der Waals surface area (Å²) in [6.07, 6.45) is 0. The van der Waals surface area contributed by atoms with Crippen molar-refractivity contribution in [1.29, 1.82) is 0 Å². The lowest BCUT2D eigenvalue weighted by molar-refractivity contribution is 0.0598. The Balaban J connectivity index is 2.15. The maximum absolute atomic E-state index is 11.8. The van der Waals surface area contributed by atoms with Crippen molar-refractivity contribution >= 4 is 27.7 Å². The quantitative estimate of drug-likeness (QED) is 0.480. The van der Waals surface area contributed by atoms with Gasteiger partial charge in [-0.1, -0.05) is 28.1 Å². The van der Waals surface area contributed by atoms with Crippen molar-refractivity contribution in [2.75, 3.05) is 18.7 Å². The molecule has 1 aromatic carbocycles.